The largest absolute Gasteiger partial charge is 0.384 e. The molecule has 1 aliphatic heterocycles. The Morgan fingerprint density at radius 2 is 1.93 bits per heavy atom. The van der Waals surface area contributed by atoms with Crippen molar-refractivity contribution in [3.05, 3.63) is 56.8 Å². The van der Waals surface area contributed by atoms with E-state index in [0.29, 0.717) is 34.3 Å². The lowest BCUT2D eigenvalue weighted by molar-refractivity contribution is 0.247. The molecule has 0 radical (unpaired) electrons. The number of nitrogens with two attached hydrogens (primary N) is 1. The molecule has 7 nitrogen and oxygen atoms in total. The molecule has 0 unspecified atom stereocenters. The molecule has 3 heterocycles. The van der Waals surface area contributed by atoms with Crippen molar-refractivity contribution in [1.29, 1.82) is 0 Å². The Kier molecular flexibility index (Phi) is 4.91. The minimum atomic E-state index is -0.421. The molecule has 1 fully saturated rings. The van der Waals surface area contributed by atoms with Crippen molar-refractivity contribution in [1.82, 2.24) is 19.9 Å². The molecule has 2 aromatic heterocycles. The zero-order chi connectivity index (χ0) is 19.8. The van der Waals surface area contributed by atoms with E-state index in [0.717, 1.165) is 31.9 Å². The highest BCUT2D eigenvalue weighted by molar-refractivity contribution is 6.32. The molecule has 0 aliphatic carbocycles. The van der Waals surface area contributed by atoms with E-state index in [1.54, 1.807) is 25.1 Å². The van der Waals surface area contributed by atoms with Gasteiger partial charge >= 0.3 is 0 Å². The van der Waals surface area contributed by atoms with Crippen LogP contribution in [-0.2, 0) is 6.54 Å². The van der Waals surface area contributed by atoms with Gasteiger partial charge in [-0.15, -0.1) is 0 Å². The average molecular weight is 403 g/mol. The summed E-state index contributed by atoms with van der Waals surface area (Å²) in [5.41, 5.74) is 7.61. The molecule has 0 saturated carbocycles. The van der Waals surface area contributed by atoms with Crippen LogP contribution in [-0.4, -0.2) is 46.0 Å². The maximum Gasteiger partial charge on any atom is 0.269 e. The third kappa shape index (κ3) is 3.53. The summed E-state index contributed by atoms with van der Waals surface area (Å²) in [5.74, 6) is -0.0304. The van der Waals surface area contributed by atoms with Gasteiger partial charge in [0.15, 0.2) is 11.0 Å². The van der Waals surface area contributed by atoms with Gasteiger partial charge in [-0.2, -0.15) is 0 Å². The van der Waals surface area contributed by atoms with Crippen molar-refractivity contribution in [3.63, 3.8) is 0 Å². The number of fused-ring (bicyclic) bond motifs is 1. The van der Waals surface area contributed by atoms with Gasteiger partial charge in [-0.05, 0) is 25.1 Å². The zero-order valence-corrected chi connectivity index (χ0v) is 16.1. The van der Waals surface area contributed by atoms with Crippen LogP contribution >= 0.6 is 11.6 Å². The standard InChI is InChI=1S/C19H20ClFN6O/c1-11-19(28)25-17-13(23-11)3-2-12(16(17)21)10-26-6-8-27(9-7-26)14-4-5-15(22)24-18(14)20/h2-5H,6-10H2,1H3,(H2,22,24)(H,25,28). The van der Waals surface area contributed by atoms with Crippen LogP contribution in [0.5, 0.6) is 0 Å². The van der Waals surface area contributed by atoms with E-state index < -0.39 is 5.82 Å². The first-order valence-electron chi connectivity index (χ1n) is 8.99. The second kappa shape index (κ2) is 7.37. The van der Waals surface area contributed by atoms with Crippen LogP contribution in [0.4, 0.5) is 15.9 Å². The predicted octanol–water partition coefficient (Wildman–Crippen LogP) is 2.32. The number of halogens is 2. The summed E-state index contributed by atoms with van der Waals surface area (Å²) in [6.45, 7) is 5.06. The number of benzene rings is 1. The van der Waals surface area contributed by atoms with Crippen LogP contribution in [0.25, 0.3) is 11.0 Å². The molecule has 1 aromatic carbocycles. The van der Waals surface area contributed by atoms with E-state index in [2.05, 4.69) is 24.8 Å². The molecule has 0 spiro atoms. The van der Waals surface area contributed by atoms with Gasteiger partial charge in [-0.25, -0.2) is 14.4 Å². The van der Waals surface area contributed by atoms with Gasteiger partial charge in [0.2, 0.25) is 0 Å². The summed E-state index contributed by atoms with van der Waals surface area (Å²) in [6.07, 6.45) is 0. The number of nitrogen functional groups attached to an aromatic ring is 1. The fourth-order valence-corrected chi connectivity index (χ4v) is 3.72. The van der Waals surface area contributed by atoms with Gasteiger partial charge in [0.05, 0.1) is 11.2 Å². The predicted molar refractivity (Wildman–Crippen MR) is 108 cm³/mol. The molecule has 28 heavy (non-hydrogen) atoms. The number of hydrogen-bond acceptors (Lipinski definition) is 6. The topological polar surface area (TPSA) is 91.1 Å². The summed E-state index contributed by atoms with van der Waals surface area (Å²) < 4.78 is 14.9. The minimum absolute atomic E-state index is 0.159. The molecular formula is C19H20ClFN6O. The Hall–Kier alpha value is -2.71. The molecule has 0 amide bonds. The van der Waals surface area contributed by atoms with Crippen LogP contribution in [0, 0.1) is 12.7 Å². The smallest absolute Gasteiger partial charge is 0.269 e. The summed E-state index contributed by atoms with van der Waals surface area (Å²) >= 11 is 6.20. The Bertz CT molecular complexity index is 1090. The fourth-order valence-electron chi connectivity index (χ4n) is 3.44. The lowest BCUT2D eigenvalue weighted by Gasteiger charge is -2.36. The number of hydrogen-bond donors (Lipinski definition) is 2. The number of anilines is 2. The molecular weight excluding hydrogens is 383 g/mol. The molecule has 9 heteroatoms. The van der Waals surface area contributed by atoms with Crippen LogP contribution in [0.3, 0.4) is 0 Å². The van der Waals surface area contributed by atoms with Gasteiger partial charge in [-0.3, -0.25) is 9.69 Å². The zero-order valence-electron chi connectivity index (χ0n) is 15.4. The summed E-state index contributed by atoms with van der Waals surface area (Å²) in [4.78, 5) is 26.9. The first-order chi connectivity index (χ1) is 13.4. The first-order valence-corrected chi connectivity index (χ1v) is 9.37. The van der Waals surface area contributed by atoms with Crippen molar-refractivity contribution in [2.75, 3.05) is 36.8 Å². The van der Waals surface area contributed by atoms with Crippen molar-refractivity contribution in [2.24, 2.45) is 0 Å². The summed E-state index contributed by atoms with van der Waals surface area (Å²) in [7, 11) is 0. The van der Waals surface area contributed by atoms with Crippen molar-refractivity contribution in [3.8, 4) is 0 Å². The van der Waals surface area contributed by atoms with Crippen molar-refractivity contribution < 1.29 is 4.39 Å². The molecule has 0 atom stereocenters. The molecule has 1 aliphatic rings. The number of pyridine rings is 1. The quantitative estimate of drug-likeness (QED) is 0.653. The van der Waals surface area contributed by atoms with E-state index in [9.17, 15) is 9.18 Å². The number of piperazine rings is 1. The Labute approximate surface area is 166 Å². The molecule has 0 bridgehead atoms. The monoisotopic (exact) mass is 402 g/mol. The second-order valence-corrected chi connectivity index (χ2v) is 7.25. The highest BCUT2D eigenvalue weighted by Gasteiger charge is 2.21. The molecule has 4 rings (SSSR count). The third-order valence-corrected chi connectivity index (χ3v) is 5.29. The number of aromatic nitrogens is 3. The Morgan fingerprint density at radius 3 is 2.64 bits per heavy atom. The van der Waals surface area contributed by atoms with Gasteiger partial charge in [0.25, 0.3) is 5.56 Å². The Morgan fingerprint density at radius 1 is 1.18 bits per heavy atom. The first kappa shape index (κ1) is 18.6. The van der Waals surface area contributed by atoms with E-state index in [1.807, 2.05) is 6.07 Å². The van der Waals surface area contributed by atoms with E-state index in [-0.39, 0.29) is 11.1 Å². The SMILES string of the molecule is Cc1nc2ccc(CN3CCN(c4ccc(N)nc4Cl)CC3)c(F)c2[nH]c1=O. The van der Waals surface area contributed by atoms with Crippen LogP contribution in [0.1, 0.15) is 11.3 Å². The highest BCUT2D eigenvalue weighted by Crippen LogP contribution is 2.26. The van der Waals surface area contributed by atoms with E-state index in [4.69, 9.17) is 17.3 Å². The highest BCUT2D eigenvalue weighted by atomic mass is 35.5. The fraction of sp³-hybridized carbons (Fsp3) is 0.316. The Balaban J connectivity index is 1.48. The molecule has 1 saturated heterocycles. The maximum absolute atomic E-state index is 14.9. The summed E-state index contributed by atoms with van der Waals surface area (Å²) in [5, 5.41) is 0.390. The number of aromatic amines is 1. The lowest BCUT2D eigenvalue weighted by Crippen LogP contribution is -2.46. The number of H-pyrrole nitrogens is 1. The van der Waals surface area contributed by atoms with Crippen molar-refractivity contribution >= 4 is 34.1 Å². The second-order valence-electron chi connectivity index (χ2n) is 6.89. The van der Waals surface area contributed by atoms with E-state index in [1.165, 1.54) is 0 Å². The van der Waals surface area contributed by atoms with Crippen molar-refractivity contribution in [2.45, 2.75) is 13.5 Å². The van der Waals surface area contributed by atoms with Gasteiger partial charge < -0.3 is 15.6 Å². The number of rotatable bonds is 3. The van der Waals surface area contributed by atoms with Gasteiger partial charge in [0.1, 0.15) is 17.0 Å². The number of aryl methyl sites for hydroxylation is 1. The number of nitrogens with zero attached hydrogens (tertiary/aromatic N) is 4. The molecule has 3 N–H and O–H groups in total. The maximum atomic E-state index is 14.9. The van der Waals surface area contributed by atoms with Crippen LogP contribution < -0.4 is 16.2 Å². The minimum Gasteiger partial charge on any atom is -0.384 e. The normalized spacial score (nSPS) is 15.3. The lowest BCUT2D eigenvalue weighted by atomic mass is 10.1. The third-order valence-electron chi connectivity index (χ3n) is 5.01. The van der Waals surface area contributed by atoms with Crippen LogP contribution in [0.15, 0.2) is 29.1 Å². The van der Waals surface area contributed by atoms with Gasteiger partial charge in [-0.1, -0.05) is 17.7 Å². The average Bonchev–Trinajstić information content (AvgIpc) is 2.67. The van der Waals surface area contributed by atoms with E-state index >= 15 is 0 Å². The summed E-state index contributed by atoms with van der Waals surface area (Å²) in [6, 6.07) is 7.07. The number of nitrogens with one attached hydrogen (secondary N) is 1. The van der Waals surface area contributed by atoms with Gasteiger partial charge in [0, 0.05) is 38.3 Å². The molecule has 146 valence electrons. The van der Waals surface area contributed by atoms with Crippen LogP contribution in [0.2, 0.25) is 5.15 Å². The molecule has 3 aromatic rings.